The summed E-state index contributed by atoms with van der Waals surface area (Å²) in [5, 5.41) is 13.8. The first kappa shape index (κ1) is 33.1. The number of phenolic OH excluding ortho intramolecular Hbond substituents is 1. The van der Waals surface area contributed by atoms with Crippen LogP contribution < -0.4 is 15.4 Å². The van der Waals surface area contributed by atoms with Gasteiger partial charge in [-0.15, -0.1) is 0 Å². The van der Waals surface area contributed by atoms with Crippen molar-refractivity contribution in [3.8, 4) is 11.5 Å². The van der Waals surface area contributed by atoms with E-state index in [1.165, 1.54) is 7.11 Å². The number of aromatic hydroxyl groups is 1. The van der Waals surface area contributed by atoms with Crippen molar-refractivity contribution in [2.75, 3.05) is 7.11 Å². The number of aryl methyl sites for hydroxylation is 2. The first-order valence-corrected chi connectivity index (χ1v) is 13.7. The minimum absolute atomic E-state index is 0.177. The van der Waals surface area contributed by atoms with Gasteiger partial charge in [-0.05, 0) is 102 Å². The van der Waals surface area contributed by atoms with Crippen molar-refractivity contribution in [1.29, 1.82) is 0 Å². The molecule has 3 N–H and O–H groups in total. The van der Waals surface area contributed by atoms with Gasteiger partial charge in [0.25, 0.3) is 5.91 Å². The third kappa shape index (κ3) is 12.3. The maximum absolute atomic E-state index is 12.3. The van der Waals surface area contributed by atoms with Crippen LogP contribution in [0.4, 0.5) is 4.79 Å². The largest absolute Gasteiger partial charge is 0.508 e. The number of phenols is 1. The predicted octanol–water partition coefficient (Wildman–Crippen LogP) is 4.60. The highest BCUT2D eigenvalue weighted by Crippen LogP contribution is 2.23. The van der Waals surface area contributed by atoms with Crippen LogP contribution in [0.5, 0.6) is 11.5 Å². The molecule has 1 unspecified atom stereocenters. The van der Waals surface area contributed by atoms with Crippen LogP contribution in [0.2, 0.25) is 0 Å². The second kappa shape index (κ2) is 15.1. The van der Waals surface area contributed by atoms with Crippen molar-refractivity contribution in [1.82, 2.24) is 10.6 Å². The predicted molar refractivity (Wildman–Crippen MR) is 153 cm³/mol. The molecule has 41 heavy (non-hydrogen) atoms. The number of carbonyl (C=O) groups excluding carboxylic acids is 4. The Balaban J connectivity index is 0.000000353. The van der Waals surface area contributed by atoms with Gasteiger partial charge >= 0.3 is 18.0 Å². The van der Waals surface area contributed by atoms with E-state index in [9.17, 15) is 19.2 Å². The van der Waals surface area contributed by atoms with Gasteiger partial charge in [-0.2, -0.15) is 0 Å². The number of benzene rings is 2. The Labute approximate surface area is 241 Å². The average molecular weight is 571 g/mol. The molecule has 2 aromatic carbocycles. The Morgan fingerprint density at radius 1 is 0.878 bits per heavy atom. The molecule has 10 nitrogen and oxygen atoms in total. The van der Waals surface area contributed by atoms with Crippen molar-refractivity contribution in [2.24, 2.45) is 0 Å². The summed E-state index contributed by atoms with van der Waals surface area (Å²) in [6, 6.07) is 13.6. The van der Waals surface area contributed by atoms with E-state index < -0.39 is 29.2 Å². The molecule has 10 heteroatoms. The van der Waals surface area contributed by atoms with Gasteiger partial charge in [0, 0.05) is 6.42 Å². The molecule has 0 radical (unpaired) electrons. The zero-order valence-electron chi connectivity index (χ0n) is 24.7. The standard InChI is InChI=1S/C20H28N2O5.C11H14O3/c1-19(2,3)27-17(24)20(4,5)26-14-11-9-13(10-12-14)7-6-8-15-16(23)22-18(25)21-15;1-14-11(13)4-2-3-9-5-7-10(12)8-6-9/h9-12,15H,6-8H2,1-5H3,(H2,21,22,23,25);5-8,12H,2-4H2,1H3. The number of rotatable bonds is 11. The molecule has 0 aromatic heterocycles. The monoisotopic (exact) mass is 570 g/mol. The maximum atomic E-state index is 12.3. The fourth-order valence-electron chi connectivity index (χ4n) is 3.84. The normalized spacial score (nSPS) is 14.7. The topological polar surface area (TPSA) is 140 Å². The number of methoxy groups -OCH3 is 1. The van der Waals surface area contributed by atoms with Crippen LogP contribution in [0, 0.1) is 0 Å². The number of esters is 2. The molecule has 1 aliphatic heterocycles. The minimum atomic E-state index is -1.09. The Morgan fingerprint density at radius 3 is 1.95 bits per heavy atom. The van der Waals surface area contributed by atoms with E-state index in [2.05, 4.69) is 15.4 Å². The molecular weight excluding hydrogens is 528 g/mol. The number of hydrogen-bond donors (Lipinski definition) is 3. The third-order valence-electron chi connectivity index (χ3n) is 6.01. The summed E-state index contributed by atoms with van der Waals surface area (Å²) in [5.74, 6) is -0.0216. The van der Waals surface area contributed by atoms with Crippen molar-refractivity contribution in [3.05, 3.63) is 59.7 Å². The fraction of sp³-hybridized carbons (Fsp3) is 0.484. The highest BCUT2D eigenvalue weighted by molar-refractivity contribution is 6.04. The lowest BCUT2D eigenvalue weighted by Crippen LogP contribution is -2.43. The lowest BCUT2D eigenvalue weighted by atomic mass is 10.0. The minimum Gasteiger partial charge on any atom is -0.508 e. The summed E-state index contributed by atoms with van der Waals surface area (Å²) >= 11 is 0. The lowest BCUT2D eigenvalue weighted by Gasteiger charge is -2.29. The van der Waals surface area contributed by atoms with Crippen LogP contribution in [0.15, 0.2) is 48.5 Å². The molecule has 0 aliphatic carbocycles. The van der Waals surface area contributed by atoms with E-state index in [-0.39, 0.29) is 17.6 Å². The van der Waals surface area contributed by atoms with E-state index in [0.717, 1.165) is 36.8 Å². The summed E-state index contributed by atoms with van der Waals surface area (Å²) in [6.45, 7) is 8.80. The number of carbonyl (C=O) groups is 4. The summed E-state index contributed by atoms with van der Waals surface area (Å²) in [6.07, 6.45) is 4.17. The highest BCUT2D eigenvalue weighted by Gasteiger charge is 2.34. The molecule has 0 bridgehead atoms. The van der Waals surface area contributed by atoms with Crippen LogP contribution >= 0.6 is 0 Å². The summed E-state index contributed by atoms with van der Waals surface area (Å²) < 4.78 is 15.7. The average Bonchev–Trinajstić information content (AvgIpc) is 3.21. The number of hydrogen-bond acceptors (Lipinski definition) is 8. The molecule has 3 amide bonds. The van der Waals surface area contributed by atoms with Gasteiger partial charge in [-0.3, -0.25) is 14.9 Å². The summed E-state index contributed by atoms with van der Waals surface area (Å²) in [4.78, 5) is 45.6. The van der Waals surface area contributed by atoms with Crippen molar-refractivity contribution < 1.29 is 38.5 Å². The van der Waals surface area contributed by atoms with Crippen molar-refractivity contribution >= 4 is 23.9 Å². The van der Waals surface area contributed by atoms with Gasteiger partial charge < -0.3 is 24.6 Å². The van der Waals surface area contributed by atoms with E-state index >= 15 is 0 Å². The van der Waals surface area contributed by atoms with E-state index in [4.69, 9.17) is 14.6 Å². The van der Waals surface area contributed by atoms with Gasteiger partial charge in [0.15, 0.2) is 5.60 Å². The van der Waals surface area contributed by atoms with Crippen molar-refractivity contribution in [2.45, 2.75) is 90.4 Å². The van der Waals surface area contributed by atoms with Gasteiger partial charge in [0.2, 0.25) is 0 Å². The van der Waals surface area contributed by atoms with Crippen LogP contribution in [0.1, 0.15) is 71.4 Å². The molecule has 1 heterocycles. The van der Waals surface area contributed by atoms with Gasteiger partial charge in [-0.1, -0.05) is 24.3 Å². The molecule has 1 saturated heterocycles. The zero-order valence-corrected chi connectivity index (χ0v) is 24.7. The molecule has 1 atom stereocenters. The fourth-order valence-corrected chi connectivity index (χ4v) is 3.84. The molecule has 2 aromatic rings. The number of amides is 3. The zero-order chi connectivity index (χ0) is 30.6. The third-order valence-corrected chi connectivity index (χ3v) is 6.01. The molecule has 3 rings (SSSR count). The number of imide groups is 1. The Bertz CT molecular complexity index is 1170. The molecule has 224 valence electrons. The van der Waals surface area contributed by atoms with Crippen LogP contribution in [-0.2, 0) is 36.7 Å². The number of ether oxygens (including phenoxy) is 3. The van der Waals surface area contributed by atoms with Gasteiger partial charge in [0.05, 0.1) is 7.11 Å². The van der Waals surface area contributed by atoms with E-state index in [1.54, 1.807) is 26.0 Å². The van der Waals surface area contributed by atoms with E-state index in [0.29, 0.717) is 18.6 Å². The second-order valence-electron chi connectivity index (χ2n) is 11.3. The number of urea groups is 1. The molecule has 1 aliphatic rings. The smallest absolute Gasteiger partial charge is 0.350 e. The van der Waals surface area contributed by atoms with Crippen molar-refractivity contribution in [3.63, 3.8) is 0 Å². The molecule has 0 saturated carbocycles. The number of nitrogens with one attached hydrogen (secondary N) is 2. The Kier molecular flexibility index (Phi) is 12.2. The van der Waals surface area contributed by atoms with Gasteiger partial charge in [-0.25, -0.2) is 9.59 Å². The first-order chi connectivity index (χ1) is 19.2. The summed E-state index contributed by atoms with van der Waals surface area (Å²) in [7, 11) is 1.39. The molecular formula is C31H42N2O8. The SMILES string of the molecule is CC(C)(C)OC(=O)C(C)(C)Oc1ccc(CCCC2NC(=O)NC2=O)cc1.COC(=O)CCCc1ccc(O)cc1. The van der Waals surface area contributed by atoms with Crippen LogP contribution in [0.25, 0.3) is 0 Å². The first-order valence-electron chi connectivity index (χ1n) is 13.7. The Morgan fingerprint density at radius 2 is 1.44 bits per heavy atom. The lowest BCUT2D eigenvalue weighted by molar-refractivity contribution is -0.171. The molecule has 0 spiro atoms. The molecule has 1 fully saturated rings. The van der Waals surface area contributed by atoms with Gasteiger partial charge in [0.1, 0.15) is 23.1 Å². The van der Waals surface area contributed by atoms with Crippen LogP contribution in [0.3, 0.4) is 0 Å². The van der Waals surface area contributed by atoms with E-state index in [1.807, 2.05) is 57.2 Å². The second-order valence-corrected chi connectivity index (χ2v) is 11.3. The Hall–Kier alpha value is -4.08. The van der Waals surface area contributed by atoms with Crippen LogP contribution in [-0.4, -0.2) is 53.3 Å². The quantitative estimate of drug-likeness (QED) is 0.263. The summed E-state index contributed by atoms with van der Waals surface area (Å²) in [5.41, 5.74) is 0.536. The highest BCUT2D eigenvalue weighted by atomic mass is 16.6. The maximum Gasteiger partial charge on any atom is 0.350 e.